The summed E-state index contributed by atoms with van der Waals surface area (Å²) in [5.74, 6) is 1.40. The number of nitrogens with zero attached hydrogens (tertiary/aromatic N) is 3. The Hall–Kier alpha value is -5.81. The summed E-state index contributed by atoms with van der Waals surface area (Å²) in [4.78, 5) is 5.13. The van der Waals surface area contributed by atoms with Gasteiger partial charge in [-0.1, -0.05) is 79.4 Å². The van der Waals surface area contributed by atoms with Crippen LogP contribution in [-0.2, 0) is 0 Å². The zero-order valence-electron chi connectivity index (χ0n) is 23.4. The minimum absolute atomic E-state index is 0.493. The maximum absolute atomic E-state index is 6.51. The van der Waals surface area contributed by atoms with Crippen molar-refractivity contribution in [3.05, 3.63) is 133 Å². The van der Waals surface area contributed by atoms with Crippen LogP contribution in [0.2, 0.25) is 0 Å². The molecule has 0 spiro atoms. The average Bonchev–Trinajstić information content (AvgIpc) is 3.78. The van der Waals surface area contributed by atoms with E-state index in [-0.39, 0.29) is 0 Å². The molecule has 204 valence electrons. The minimum Gasteiger partial charge on any atom is -0.461 e. The molecule has 0 radical (unpaired) electrons. The first-order valence-electron chi connectivity index (χ1n) is 14.3. The number of hydrogen-bond donors (Lipinski definition) is 0. The van der Waals surface area contributed by atoms with Crippen molar-refractivity contribution in [2.45, 2.75) is 6.92 Å². The highest BCUT2D eigenvalue weighted by molar-refractivity contribution is 6.18. The van der Waals surface area contributed by atoms with Gasteiger partial charge in [0.2, 0.25) is 0 Å². The van der Waals surface area contributed by atoms with Gasteiger partial charge < -0.3 is 13.4 Å². The lowest BCUT2D eigenvalue weighted by atomic mass is 10.1. The summed E-state index contributed by atoms with van der Waals surface area (Å²) in [5, 5.41) is 5.63. The van der Waals surface area contributed by atoms with Crippen molar-refractivity contribution in [1.29, 1.82) is 0 Å². The molecule has 9 aromatic rings. The maximum Gasteiger partial charge on any atom is 0.307 e. The Morgan fingerprint density at radius 2 is 1.19 bits per heavy atom. The predicted molar refractivity (Wildman–Crippen MR) is 175 cm³/mol. The number of oxazole rings is 1. The third-order valence-electron chi connectivity index (χ3n) is 8.51. The van der Waals surface area contributed by atoms with E-state index in [0.29, 0.717) is 11.8 Å². The molecule has 5 nitrogen and oxygen atoms in total. The van der Waals surface area contributed by atoms with Gasteiger partial charge >= 0.3 is 6.01 Å². The molecule has 0 fully saturated rings. The fourth-order valence-corrected chi connectivity index (χ4v) is 6.69. The third-order valence-corrected chi connectivity index (χ3v) is 8.51. The Morgan fingerprint density at radius 1 is 0.605 bits per heavy atom. The zero-order valence-corrected chi connectivity index (χ0v) is 23.4. The van der Waals surface area contributed by atoms with Gasteiger partial charge in [0, 0.05) is 32.6 Å². The molecular weight excluding hydrogens is 530 g/mol. The van der Waals surface area contributed by atoms with E-state index in [4.69, 9.17) is 13.8 Å². The Kier molecular flexibility index (Phi) is 4.91. The number of rotatable bonds is 4. The first kappa shape index (κ1) is 23.9. The number of fused-ring (bicyclic) bond motifs is 7. The molecule has 0 saturated heterocycles. The predicted octanol–water partition coefficient (Wildman–Crippen LogP) is 10.2. The summed E-state index contributed by atoms with van der Waals surface area (Å²) in [7, 11) is 0. The first-order valence-corrected chi connectivity index (χ1v) is 14.3. The Labute approximate surface area is 246 Å². The van der Waals surface area contributed by atoms with Crippen LogP contribution in [0.5, 0.6) is 0 Å². The number of hydrogen-bond acceptors (Lipinski definition) is 3. The van der Waals surface area contributed by atoms with Gasteiger partial charge in [0.25, 0.3) is 0 Å². The van der Waals surface area contributed by atoms with E-state index >= 15 is 0 Å². The van der Waals surface area contributed by atoms with Crippen LogP contribution in [-0.4, -0.2) is 14.1 Å². The van der Waals surface area contributed by atoms with Gasteiger partial charge in [0.1, 0.15) is 17.0 Å². The molecule has 0 aliphatic rings. The van der Waals surface area contributed by atoms with Gasteiger partial charge in [-0.25, -0.2) is 0 Å². The first-order chi connectivity index (χ1) is 21.2. The van der Waals surface area contributed by atoms with Gasteiger partial charge in [-0.3, -0.25) is 4.57 Å². The summed E-state index contributed by atoms with van der Waals surface area (Å²) in [5.41, 5.74) is 7.98. The Balaban J connectivity index is 1.38. The van der Waals surface area contributed by atoms with Crippen LogP contribution in [0.25, 0.3) is 83.6 Å². The molecule has 0 N–H and O–H groups in total. The number of aryl methyl sites for hydroxylation is 1. The molecule has 0 aliphatic carbocycles. The topological polar surface area (TPSA) is 49.0 Å². The molecule has 0 atom stereocenters. The minimum atomic E-state index is 0.493. The monoisotopic (exact) mass is 555 g/mol. The van der Waals surface area contributed by atoms with E-state index in [9.17, 15) is 0 Å². The summed E-state index contributed by atoms with van der Waals surface area (Å²) >= 11 is 0. The van der Waals surface area contributed by atoms with Crippen LogP contribution in [0.15, 0.2) is 131 Å². The van der Waals surface area contributed by atoms with Crippen LogP contribution in [0, 0.1) is 6.92 Å². The number of furan rings is 1. The second kappa shape index (κ2) is 8.84. The summed E-state index contributed by atoms with van der Waals surface area (Å²) in [6.07, 6.45) is 1.73. The Bertz CT molecular complexity index is 2540. The van der Waals surface area contributed by atoms with Crippen LogP contribution in [0.4, 0.5) is 0 Å². The van der Waals surface area contributed by atoms with E-state index in [1.54, 1.807) is 6.08 Å². The van der Waals surface area contributed by atoms with Crippen molar-refractivity contribution >= 4 is 60.7 Å². The normalized spacial score (nSPS) is 11.9. The Morgan fingerprint density at radius 3 is 1.88 bits per heavy atom. The zero-order chi connectivity index (χ0) is 28.7. The molecule has 9 rings (SSSR count). The quantitative estimate of drug-likeness (QED) is 0.217. The van der Waals surface area contributed by atoms with Gasteiger partial charge in [-0.15, -0.1) is 0 Å². The molecule has 0 aliphatic heterocycles. The van der Waals surface area contributed by atoms with Crippen LogP contribution >= 0.6 is 0 Å². The maximum atomic E-state index is 6.51. The highest BCUT2D eigenvalue weighted by Crippen LogP contribution is 2.41. The summed E-state index contributed by atoms with van der Waals surface area (Å²) < 4.78 is 17.1. The molecule has 5 heteroatoms. The summed E-state index contributed by atoms with van der Waals surface area (Å²) in [6, 6.07) is 40.7. The average molecular weight is 556 g/mol. The van der Waals surface area contributed by atoms with Crippen LogP contribution in [0.1, 0.15) is 11.5 Å². The molecule has 43 heavy (non-hydrogen) atoms. The van der Waals surface area contributed by atoms with E-state index in [2.05, 4.69) is 113 Å². The van der Waals surface area contributed by atoms with Crippen molar-refractivity contribution in [2.24, 2.45) is 0 Å². The molecule has 4 aromatic heterocycles. The fourth-order valence-electron chi connectivity index (χ4n) is 6.69. The van der Waals surface area contributed by atoms with Gasteiger partial charge in [-0.2, -0.15) is 4.98 Å². The highest BCUT2D eigenvalue weighted by Gasteiger charge is 2.24. The second-order valence-electron chi connectivity index (χ2n) is 10.9. The van der Waals surface area contributed by atoms with Gasteiger partial charge in [0.05, 0.1) is 27.6 Å². The van der Waals surface area contributed by atoms with E-state index in [0.717, 1.165) is 61.0 Å². The SMILES string of the molecule is C=Cc1oc(-n2c3ccccc3c3cc4c(cc32)c2ccccc2n4-c2ccccc2)nc1-c1c(C)oc2ccccc12. The van der Waals surface area contributed by atoms with E-state index in [1.165, 1.54) is 16.3 Å². The van der Waals surface area contributed by atoms with Crippen molar-refractivity contribution in [2.75, 3.05) is 0 Å². The lowest BCUT2D eigenvalue weighted by Crippen LogP contribution is -1.95. The molecule has 0 amide bonds. The lowest BCUT2D eigenvalue weighted by molar-refractivity contribution is 0.527. The van der Waals surface area contributed by atoms with E-state index < -0.39 is 0 Å². The largest absolute Gasteiger partial charge is 0.461 e. The second-order valence-corrected chi connectivity index (χ2v) is 10.9. The lowest BCUT2D eigenvalue weighted by Gasteiger charge is -2.07. The third kappa shape index (κ3) is 3.30. The molecule has 0 saturated carbocycles. The van der Waals surface area contributed by atoms with Crippen LogP contribution in [0.3, 0.4) is 0 Å². The number of para-hydroxylation sites is 4. The standard InChI is InChI=1S/C38H25N3O2/c1-3-34-37(36-23(2)42-35-20-12-9-17-27(35)36)39-38(43-34)41-31-19-11-8-16-26(31)29-21-32-28(22-33(29)41)25-15-7-10-18-30(25)40(32)24-13-5-4-6-14-24/h3-22H,1H2,2H3. The smallest absolute Gasteiger partial charge is 0.307 e. The molecular formula is C38H25N3O2. The van der Waals surface area contributed by atoms with Crippen molar-refractivity contribution in [1.82, 2.24) is 14.1 Å². The molecule has 0 bridgehead atoms. The van der Waals surface area contributed by atoms with Crippen molar-refractivity contribution in [3.8, 4) is 23.0 Å². The number of aromatic nitrogens is 3. The van der Waals surface area contributed by atoms with Crippen molar-refractivity contribution in [3.63, 3.8) is 0 Å². The van der Waals surface area contributed by atoms with Gasteiger partial charge in [-0.05, 0) is 55.5 Å². The fraction of sp³-hybridized carbons (Fsp3) is 0.0263. The molecule has 0 unspecified atom stereocenters. The summed E-state index contributed by atoms with van der Waals surface area (Å²) in [6.45, 7) is 6.03. The van der Waals surface area contributed by atoms with Gasteiger partial charge in [0.15, 0.2) is 5.76 Å². The number of benzene rings is 5. The van der Waals surface area contributed by atoms with E-state index in [1.807, 2.05) is 25.1 Å². The molecule has 4 heterocycles. The molecule has 5 aromatic carbocycles. The highest BCUT2D eigenvalue weighted by atomic mass is 16.4. The van der Waals surface area contributed by atoms with Crippen LogP contribution < -0.4 is 0 Å². The van der Waals surface area contributed by atoms with Crippen molar-refractivity contribution < 1.29 is 8.83 Å².